The average molecular weight is 615 g/mol. The summed E-state index contributed by atoms with van der Waals surface area (Å²) in [4.78, 5) is 79.1. The van der Waals surface area contributed by atoms with Gasteiger partial charge in [-0.05, 0) is 51.2 Å². The summed E-state index contributed by atoms with van der Waals surface area (Å²) in [6.07, 6.45) is -6.76. The molecule has 0 saturated carbocycles. The van der Waals surface area contributed by atoms with Crippen molar-refractivity contribution in [3.63, 3.8) is 0 Å². The highest BCUT2D eigenvalue weighted by atomic mass is 19.4. The Morgan fingerprint density at radius 3 is 2.14 bits per heavy atom. The van der Waals surface area contributed by atoms with Crippen LogP contribution in [0.5, 0.6) is 0 Å². The first kappa shape index (κ1) is 35.0. The molecule has 0 aromatic carbocycles. The fourth-order valence-electron chi connectivity index (χ4n) is 4.44. The van der Waals surface area contributed by atoms with E-state index in [1.165, 1.54) is 6.07 Å². The lowest BCUT2D eigenvalue weighted by Crippen LogP contribution is -2.57. The number of pyridine rings is 1. The highest BCUT2D eigenvalue weighted by Gasteiger charge is 2.37. The zero-order valence-electron chi connectivity index (χ0n) is 24.2. The summed E-state index contributed by atoms with van der Waals surface area (Å²) in [6.45, 7) is 7.09. The van der Waals surface area contributed by atoms with Crippen molar-refractivity contribution in [3.05, 3.63) is 29.6 Å². The van der Waals surface area contributed by atoms with Crippen molar-refractivity contribution in [1.82, 2.24) is 31.6 Å². The molecule has 5 amide bonds. The number of alkyl halides is 3. The molecule has 1 saturated heterocycles. The van der Waals surface area contributed by atoms with Gasteiger partial charge in [0.15, 0.2) is 0 Å². The summed E-state index contributed by atoms with van der Waals surface area (Å²) >= 11 is 0. The molecule has 2 heterocycles. The Morgan fingerprint density at radius 2 is 1.60 bits per heavy atom. The van der Waals surface area contributed by atoms with Crippen LogP contribution in [0.3, 0.4) is 0 Å². The summed E-state index contributed by atoms with van der Waals surface area (Å²) in [7, 11) is 0. The van der Waals surface area contributed by atoms with Crippen LogP contribution in [-0.4, -0.2) is 76.3 Å². The second kappa shape index (κ2) is 15.3. The van der Waals surface area contributed by atoms with E-state index < -0.39 is 71.9 Å². The van der Waals surface area contributed by atoms with E-state index in [2.05, 4.69) is 26.3 Å². The van der Waals surface area contributed by atoms with Gasteiger partial charge in [-0.15, -0.1) is 0 Å². The number of Topliss-reactive ketones (excluding diaryl/α,β-unsaturated/α-hetero) is 1. The lowest BCUT2D eigenvalue weighted by molar-refractivity contribution is -0.141. The maximum absolute atomic E-state index is 13.4. The van der Waals surface area contributed by atoms with E-state index in [-0.39, 0.29) is 36.4 Å². The van der Waals surface area contributed by atoms with Crippen LogP contribution in [0.2, 0.25) is 0 Å². The largest absolute Gasteiger partial charge is 0.465 e. The van der Waals surface area contributed by atoms with Crippen molar-refractivity contribution in [3.8, 4) is 0 Å². The number of carboxylic acid groups (broad SMARTS) is 1. The number of carbonyl (C=O) groups is 6. The van der Waals surface area contributed by atoms with E-state index in [1.807, 2.05) is 5.32 Å². The molecular formula is C27H37F3N6O7. The Balaban J connectivity index is 2.29. The van der Waals surface area contributed by atoms with E-state index in [9.17, 15) is 47.0 Å². The van der Waals surface area contributed by atoms with E-state index in [0.717, 1.165) is 12.1 Å². The smallest absolute Gasteiger partial charge is 0.433 e. The Hall–Kier alpha value is -4.24. The van der Waals surface area contributed by atoms with Gasteiger partial charge in [-0.25, -0.2) is 9.78 Å². The quantitative estimate of drug-likeness (QED) is 0.166. The van der Waals surface area contributed by atoms with Crippen LogP contribution >= 0.6 is 0 Å². The lowest BCUT2D eigenvalue weighted by Gasteiger charge is -2.26. The van der Waals surface area contributed by atoms with Gasteiger partial charge in [0.1, 0.15) is 17.8 Å². The SMILES string of the molecule is CC(C)CC(NC(=O)C(Cc1cccc(C(F)(F)F)n1)NC(=O)O)C(=O)NC(CC1CCNC1=O)C(=O)C(=O)NC(C)C. The maximum Gasteiger partial charge on any atom is 0.433 e. The van der Waals surface area contributed by atoms with Gasteiger partial charge in [-0.2, -0.15) is 13.2 Å². The van der Waals surface area contributed by atoms with Gasteiger partial charge >= 0.3 is 12.3 Å². The normalized spacial score (nSPS) is 17.0. The Morgan fingerprint density at radius 1 is 0.977 bits per heavy atom. The summed E-state index contributed by atoms with van der Waals surface area (Å²) in [6, 6.07) is -1.79. The fraction of sp³-hybridized carbons (Fsp3) is 0.593. The number of nitrogens with zero attached hydrogens (tertiary/aromatic N) is 1. The number of hydrogen-bond donors (Lipinski definition) is 6. The number of amides is 5. The van der Waals surface area contributed by atoms with E-state index in [0.29, 0.717) is 13.0 Å². The van der Waals surface area contributed by atoms with E-state index >= 15 is 0 Å². The zero-order valence-corrected chi connectivity index (χ0v) is 24.2. The molecule has 4 unspecified atom stereocenters. The van der Waals surface area contributed by atoms with Gasteiger partial charge < -0.3 is 31.7 Å². The second-order valence-corrected chi connectivity index (χ2v) is 11.0. The Kier molecular flexibility index (Phi) is 12.4. The number of halogens is 3. The minimum Gasteiger partial charge on any atom is -0.465 e. The standard InChI is InChI=1S/C27H37F3N6O7/c1-13(2)10-18(23(39)34-17(11-15-8-9-31-22(15)38)21(37)25(41)32-14(3)4)35-24(40)19(36-26(42)43)12-16-6-5-7-20(33-16)27(28,29)30/h5-7,13-15,17-19,36H,8-12H2,1-4H3,(H,31,38)(H,32,41)(H,34,39)(H,35,40)(H,42,43). The van der Waals surface area contributed by atoms with Crippen LogP contribution < -0.4 is 26.6 Å². The monoisotopic (exact) mass is 614 g/mol. The van der Waals surface area contributed by atoms with Gasteiger partial charge in [0.05, 0.1) is 6.04 Å². The number of rotatable bonds is 14. The number of ketones is 1. The van der Waals surface area contributed by atoms with Crippen LogP contribution in [0.1, 0.15) is 58.3 Å². The van der Waals surface area contributed by atoms with Crippen molar-refractivity contribution in [2.24, 2.45) is 11.8 Å². The minimum absolute atomic E-state index is 0.0161. The van der Waals surface area contributed by atoms with Gasteiger partial charge in [0.25, 0.3) is 5.91 Å². The Labute approximate surface area is 246 Å². The predicted molar refractivity (Wildman–Crippen MR) is 145 cm³/mol. The van der Waals surface area contributed by atoms with E-state index in [1.54, 1.807) is 27.7 Å². The van der Waals surface area contributed by atoms with Crippen molar-refractivity contribution >= 4 is 35.5 Å². The molecule has 2 rings (SSSR count). The first-order valence-corrected chi connectivity index (χ1v) is 13.7. The molecule has 43 heavy (non-hydrogen) atoms. The molecular weight excluding hydrogens is 577 g/mol. The first-order valence-electron chi connectivity index (χ1n) is 13.7. The molecule has 0 aliphatic carbocycles. The molecule has 238 valence electrons. The van der Waals surface area contributed by atoms with Gasteiger partial charge in [0, 0.05) is 30.6 Å². The third kappa shape index (κ3) is 11.2. The van der Waals surface area contributed by atoms with E-state index in [4.69, 9.17) is 0 Å². The summed E-state index contributed by atoms with van der Waals surface area (Å²) < 4.78 is 39.3. The summed E-state index contributed by atoms with van der Waals surface area (Å²) in [5, 5.41) is 21.1. The molecule has 0 bridgehead atoms. The molecule has 1 aromatic rings. The highest BCUT2D eigenvalue weighted by Crippen LogP contribution is 2.27. The lowest BCUT2D eigenvalue weighted by atomic mass is 9.94. The van der Waals surface area contributed by atoms with Crippen molar-refractivity contribution in [1.29, 1.82) is 0 Å². The van der Waals surface area contributed by atoms with Crippen LogP contribution in [0, 0.1) is 11.8 Å². The molecule has 0 spiro atoms. The fourth-order valence-corrected chi connectivity index (χ4v) is 4.44. The summed E-state index contributed by atoms with van der Waals surface area (Å²) in [5.74, 6) is -5.05. The third-order valence-electron chi connectivity index (χ3n) is 6.42. The highest BCUT2D eigenvalue weighted by molar-refractivity contribution is 6.38. The molecule has 1 aliphatic rings. The van der Waals surface area contributed by atoms with Crippen LogP contribution in [0.25, 0.3) is 0 Å². The van der Waals surface area contributed by atoms with Crippen LogP contribution in [0.15, 0.2) is 18.2 Å². The number of aromatic nitrogens is 1. The maximum atomic E-state index is 13.4. The summed E-state index contributed by atoms with van der Waals surface area (Å²) in [5.41, 5.74) is -1.46. The van der Waals surface area contributed by atoms with Crippen molar-refractivity contribution in [2.45, 2.75) is 83.7 Å². The van der Waals surface area contributed by atoms with Crippen LogP contribution in [-0.2, 0) is 36.6 Å². The van der Waals surface area contributed by atoms with Gasteiger partial charge in [-0.3, -0.25) is 24.0 Å². The molecule has 6 N–H and O–H groups in total. The molecule has 1 fully saturated rings. The van der Waals surface area contributed by atoms with Crippen molar-refractivity contribution in [2.75, 3.05) is 6.54 Å². The molecule has 1 aliphatic heterocycles. The number of carbonyl (C=O) groups excluding carboxylic acids is 5. The molecule has 13 nitrogen and oxygen atoms in total. The third-order valence-corrected chi connectivity index (χ3v) is 6.42. The topological polar surface area (TPSA) is 196 Å². The Bertz CT molecular complexity index is 1210. The molecule has 16 heteroatoms. The molecule has 0 radical (unpaired) electrons. The predicted octanol–water partition coefficient (Wildman–Crippen LogP) is 0.915. The second-order valence-electron chi connectivity index (χ2n) is 11.0. The first-order chi connectivity index (χ1) is 20.0. The molecule has 4 atom stereocenters. The van der Waals surface area contributed by atoms with Crippen molar-refractivity contribution < 1.29 is 47.0 Å². The number of hydrogen-bond acceptors (Lipinski definition) is 7. The van der Waals surface area contributed by atoms with Gasteiger partial charge in [-0.1, -0.05) is 19.9 Å². The number of nitrogens with one attached hydrogen (secondary N) is 5. The average Bonchev–Trinajstić information content (AvgIpc) is 3.29. The van der Waals surface area contributed by atoms with Gasteiger partial charge in [0.2, 0.25) is 23.5 Å². The molecule has 1 aromatic heterocycles. The zero-order chi connectivity index (χ0) is 32.5. The van der Waals surface area contributed by atoms with Crippen LogP contribution in [0.4, 0.5) is 18.0 Å². The minimum atomic E-state index is -4.77.